The van der Waals surface area contributed by atoms with Crippen LogP contribution in [0.1, 0.15) is 22.3 Å². The number of anilines is 3. The van der Waals surface area contributed by atoms with E-state index < -0.39 is 5.41 Å². The molecule has 0 saturated heterocycles. The van der Waals surface area contributed by atoms with Gasteiger partial charge >= 0.3 is 0 Å². The molecule has 2 nitrogen and oxygen atoms in total. The Morgan fingerprint density at radius 1 is 0.418 bits per heavy atom. The van der Waals surface area contributed by atoms with Crippen molar-refractivity contribution in [3.05, 3.63) is 217 Å². The van der Waals surface area contributed by atoms with Gasteiger partial charge < -0.3 is 4.90 Å². The lowest BCUT2D eigenvalue weighted by molar-refractivity contribution is 0.794. The zero-order valence-electron chi connectivity index (χ0n) is 29.8. The molecule has 0 unspecified atom stereocenters. The van der Waals surface area contributed by atoms with E-state index in [2.05, 4.69) is 192 Å². The quantitative estimate of drug-likeness (QED) is 0.180. The predicted molar refractivity (Wildman–Crippen MR) is 231 cm³/mol. The summed E-state index contributed by atoms with van der Waals surface area (Å²) < 4.78 is 2.56. The highest BCUT2D eigenvalue weighted by molar-refractivity contribution is 7.27. The van der Waals surface area contributed by atoms with E-state index >= 15 is 0 Å². The first-order chi connectivity index (χ1) is 27.3. The van der Waals surface area contributed by atoms with Gasteiger partial charge in [0, 0.05) is 49.9 Å². The van der Waals surface area contributed by atoms with Crippen LogP contribution in [0, 0.1) is 0 Å². The van der Waals surface area contributed by atoms with E-state index in [1.54, 1.807) is 0 Å². The molecule has 2 heterocycles. The van der Waals surface area contributed by atoms with E-state index in [0.717, 1.165) is 11.1 Å². The van der Waals surface area contributed by atoms with Gasteiger partial charge in [0.2, 0.25) is 0 Å². The second-order valence-electron chi connectivity index (χ2n) is 14.6. The van der Waals surface area contributed by atoms with Crippen LogP contribution in [0.25, 0.3) is 64.3 Å². The van der Waals surface area contributed by atoms with Crippen LogP contribution in [0.2, 0.25) is 0 Å². The van der Waals surface area contributed by atoms with E-state index in [4.69, 9.17) is 0 Å². The number of rotatable bonds is 4. The Hall–Kier alpha value is -6.81. The maximum atomic E-state index is 4.43. The van der Waals surface area contributed by atoms with Crippen LogP contribution in [-0.2, 0) is 5.41 Å². The molecule has 0 N–H and O–H groups in total. The molecule has 1 spiro atoms. The molecule has 0 amide bonds. The molecule has 0 aliphatic heterocycles. The van der Waals surface area contributed by atoms with Crippen LogP contribution in [-0.4, -0.2) is 4.98 Å². The van der Waals surface area contributed by atoms with Crippen molar-refractivity contribution < 1.29 is 0 Å². The highest BCUT2D eigenvalue weighted by Gasteiger charge is 2.52. The van der Waals surface area contributed by atoms with Crippen LogP contribution in [0.5, 0.6) is 0 Å². The number of benzene rings is 8. The topological polar surface area (TPSA) is 16.1 Å². The van der Waals surface area contributed by atoms with E-state index in [9.17, 15) is 0 Å². The lowest BCUT2D eigenvalue weighted by atomic mass is 9.70. The highest BCUT2D eigenvalue weighted by Crippen LogP contribution is 2.65. The smallest absolute Gasteiger partial charge is 0.0726 e. The monoisotopic (exact) mass is 716 g/mol. The molecular formula is C52H32N2S. The molecular weight excluding hydrogens is 685 g/mol. The normalized spacial score (nSPS) is 13.2. The first-order valence-electron chi connectivity index (χ1n) is 18.9. The molecule has 8 aromatic carbocycles. The van der Waals surface area contributed by atoms with Crippen molar-refractivity contribution in [2.24, 2.45) is 0 Å². The van der Waals surface area contributed by atoms with Crippen molar-refractivity contribution in [3.63, 3.8) is 0 Å². The van der Waals surface area contributed by atoms with Gasteiger partial charge in [-0.05, 0) is 80.4 Å². The van der Waals surface area contributed by atoms with Gasteiger partial charge in [0.15, 0.2) is 0 Å². The Kier molecular flexibility index (Phi) is 6.46. The SMILES string of the molecule is c1ccc(-c2ccc(N(c3cccc4c3-c3ccccc3C43c4ccccc4-c4ccccc43)c3cccc4c3sc3c5ccncc5ccc43)cc2)cc1. The molecule has 0 saturated carbocycles. The number of pyridine rings is 1. The number of aromatic nitrogens is 1. The Morgan fingerprint density at radius 2 is 1.02 bits per heavy atom. The first kappa shape index (κ1) is 30.6. The molecule has 2 aliphatic carbocycles. The third kappa shape index (κ3) is 4.16. The van der Waals surface area contributed by atoms with Gasteiger partial charge in [-0.1, -0.05) is 152 Å². The fourth-order valence-electron chi connectivity index (χ4n) is 9.74. The molecule has 55 heavy (non-hydrogen) atoms. The lowest BCUT2D eigenvalue weighted by Crippen LogP contribution is -2.26. The highest BCUT2D eigenvalue weighted by atomic mass is 32.1. The van der Waals surface area contributed by atoms with Gasteiger partial charge in [-0.15, -0.1) is 11.3 Å². The Morgan fingerprint density at radius 3 is 1.78 bits per heavy atom. The average Bonchev–Trinajstić information content (AvgIpc) is 3.90. The number of thiophene rings is 1. The average molecular weight is 717 g/mol. The summed E-state index contributed by atoms with van der Waals surface area (Å²) in [7, 11) is 0. The third-order valence-electron chi connectivity index (χ3n) is 12.0. The second kappa shape index (κ2) is 11.6. The lowest BCUT2D eigenvalue weighted by Gasteiger charge is -2.32. The summed E-state index contributed by atoms with van der Waals surface area (Å²) in [6, 6.07) is 67.5. The number of hydrogen-bond acceptors (Lipinski definition) is 3. The summed E-state index contributed by atoms with van der Waals surface area (Å²) in [5, 5.41) is 4.96. The van der Waals surface area contributed by atoms with Crippen LogP contribution < -0.4 is 4.90 Å². The molecule has 12 rings (SSSR count). The van der Waals surface area contributed by atoms with Gasteiger partial charge in [-0.3, -0.25) is 4.98 Å². The predicted octanol–water partition coefficient (Wildman–Crippen LogP) is 14.1. The summed E-state index contributed by atoms with van der Waals surface area (Å²) in [4.78, 5) is 6.96. The number of nitrogens with zero attached hydrogens (tertiary/aromatic N) is 2. The van der Waals surface area contributed by atoms with Crippen LogP contribution in [0.3, 0.4) is 0 Å². The molecule has 0 atom stereocenters. The van der Waals surface area contributed by atoms with Crippen molar-refractivity contribution in [3.8, 4) is 33.4 Å². The summed E-state index contributed by atoms with van der Waals surface area (Å²) in [6.07, 6.45) is 3.88. The van der Waals surface area contributed by atoms with Crippen molar-refractivity contribution in [2.45, 2.75) is 5.41 Å². The van der Waals surface area contributed by atoms with Crippen molar-refractivity contribution >= 4 is 59.3 Å². The maximum Gasteiger partial charge on any atom is 0.0726 e. The van der Waals surface area contributed by atoms with E-state index in [0.29, 0.717) is 0 Å². The number of fused-ring (bicyclic) bond motifs is 15. The minimum atomic E-state index is -0.422. The molecule has 2 aromatic heterocycles. The van der Waals surface area contributed by atoms with Crippen LogP contribution in [0.15, 0.2) is 194 Å². The van der Waals surface area contributed by atoms with Crippen LogP contribution >= 0.6 is 11.3 Å². The van der Waals surface area contributed by atoms with E-state index in [1.165, 1.54) is 92.6 Å². The summed E-state index contributed by atoms with van der Waals surface area (Å²) in [5.74, 6) is 0. The number of hydrogen-bond donors (Lipinski definition) is 0. The summed E-state index contributed by atoms with van der Waals surface area (Å²) in [5.41, 5.74) is 16.0. The molecule has 10 aromatic rings. The minimum absolute atomic E-state index is 0.422. The maximum absolute atomic E-state index is 4.43. The van der Waals surface area contributed by atoms with Crippen molar-refractivity contribution in [2.75, 3.05) is 4.90 Å². The fraction of sp³-hybridized carbons (Fsp3) is 0.0192. The molecule has 0 bridgehead atoms. The zero-order valence-corrected chi connectivity index (χ0v) is 30.6. The molecule has 256 valence electrons. The summed E-state index contributed by atoms with van der Waals surface area (Å²) >= 11 is 1.89. The molecule has 0 radical (unpaired) electrons. The van der Waals surface area contributed by atoms with Gasteiger partial charge in [-0.2, -0.15) is 0 Å². The van der Waals surface area contributed by atoms with E-state index in [1.807, 2.05) is 23.7 Å². The largest absolute Gasteiger partial charge is 0.308 e. The molecule has 3 heteroatoms. The standard InChI is InChI=1S/C52H32N2S/c1-2-12-33(13-3-1)34-24-27-36(28-25-34)54(48-23-10-17-40-41-29-26-35-32-53-31-30-37(35)50(41)55-51(40)48)47-22-11-21-46-49(47)42-16-6-9-20-45(42)52(46)43-18-7-4-14-38(43)39-15-5-8-19-44(39)52/h1-32H. The van der Waals surface area contributed by atoms with Gasteiger partial charge in [0.1, 0.15) is 0 Å². The fourth-order valence-corrected chi connectivity index (χ4v) is 11.1. The first-order valence-corrected chi connectivity index (χ1v) is 19.7. The van der Waals surface area contributed by atoms with Crippen LogP contribution in [0.4, 0.5) is 17.1 Å². The van der Waals surface area contributed by atoms with Crippen molar-refractivity contribution in [1.29, 1.82) is 0 Å². The van der Waals surface area contributed by atoms with Gasteiger partial charge in [0.25, 0.3) is 0 Å². The van der Waals surface area contributed by atoms with Gasteiger partial charge in [-0.25, -0.2) is 0 Å². The molecule has 2 aliphatic rings. The molecule has 0 fully saturated rings. The van der Waals surface area contributed by atoms with Gasteiger partial charge in [0.05, 0.1) is 21.5 Å². The minimum Gasteiger partial charge on any atom is -0.308 e. The Labute approximate surface area is 323 Å². The third-order valence-corrected chi connectivity index (χ3v) is 13.3. The second-order valence-corrected chi connectivity index (χ2v) is 15.7. The zero-order chi connectivity index (χ0) is 36.1. The Balaban J connectivity index is 1.17. The Bertz CT molecular complexity index is 3110. The summed E-state index contributed by atoms with van der Waals surface area (Å²) in [6.45, 7) is 0. The van der Waals surface area contributed by atoms with Crippen molar-refractivity contribution in [1.82, 2.24) is 4.98 Å². The van der Waals surface area contributed by atoms with E-state index in [-0.39, 0.29) is 0 Å².